The van der Waals surface area contributed by atoms with Crippen molar-refractivity contribution >= 4 is 45.7 Å². The van der Waals surface area contributed by atoms with Gasteiger partial charge in [-0.05, 0) is 42.3 Å². The Hall–Kier alpha value is -3.89. The average Bonchev–Trinajstić information content (AvgIpc) is 3.46. The molecule has 1 aliphatic rings. The Kier molecular flexibility index (Phi) is 6.62. The predicted octanol–water partition coefficient (Wildman–Crippen LogP) is 5.30. The van der Waals surface area contributed by atoms with E-state index >= 15 is 0 Å². The van der Waals surface area contributed by atoms with Crippen molar-refractivity contribution in [1.82, 2.24) is 15.2 Å². The maximum Gasteiger partial charge on any atom is 0.301 e. The van der Waals surface area contributed by atoms with Crippen molar-refractivity contribution in [2.45, 2.75) is 23.1 Å². The van der Waals surface area contributed by atoms with Crippen molar-refractivity contribution < 1.29 is 19.1 Å². The molecule has 4 aromatic rings. The number of thioether (sulfide) groups is 1. The number of carbonyl (C=O) groups excluding carboxylic acids is 2. The second-order valence-electron chi connectivity index (χ2n) is 8.08. The fourth-order valence-electron chi connectivity index (χ4n) is 3.84. The monoisotopic (exact) mass is 518 g/mol. The highest BCUT2D eigenvalue weighted by molar-refractivity contribution is 8.00. The number of aliphatic hydroxyl groups is 1. The highest BCUT2D eigenvalue weighted by Gasteiger charge is 2.48. The Labute approximate surface area is 214 Å². The lowest BCUT2D eigenvalue weighted by Crippen LogP contribution is -2.29. The largest absolute Gasteiger partial charge is 0.507 e. The normalized spacial score (nSPS) is 17.1. The van der Waals surface area contributed by atoms with E-state index in [9.17, 15) is 19.1 Å². The molecule has 1 fully saturated rings. The van der Waals surface area contributed by atoms with Crippen molar-refractivity contribution in [2.75, 3.05) is 4.90 Å². The number of aliphatic hydroxyl groups excluding tert-OH is 1. The lowest BCUT2D eigenvalue weighted by atomic mass is 9.95. The van der Waals surface area contributed by atoms with E-state index in [0.717, 1.165) is 5.56 Å². The van der Waals surface area contributed by atoms with Crippen LogP contribution in [0.2, 0.25) is 0 Å². The lowest BCUT2D eigenvalue weighted by molar-refractivity contribution is -0.132. The first-order valence-electron chi connectivity index (χ1n) is 10.9. The molecule has 0 spiro atoms. The number of pyridine rings is 1. The van der Waals surface area contributed by atoms with Crippen molar-refractivity contribution in [1.29, 1.82) is 0 Å². The van der Waals surface area contributed by atoms with E-state index < -0.39 is 23.5 Å². The molecule has 1 N–H and O–H groups in total. The number of Topliss-reactive ketones (excluding diaryl/α,β-unsaturated/α-hetero) is 1. The molecule has 2 aromatic carbocycles. The van der Waals surface area contributed by atoms with Crippen LogP contribution in [0.15, 0.2) is 83.0 Å². The minimum atomic E-state index is -0.998. The first-order chi connectivity index (χ1) is 17.4. The number of hydrogen-bond acceptors (Lipinski definition) is 8. The van der Waals surface area contributed by atoms with E-state index in [4.69, 9.17) is 0 Å². The van der Waals surface area contributed by atoms with Gasteiger partial charge in [-0.2, -0.15) is 0 Å². The minimum absolute atomic E-state index is 0.109. The molecule has 3 heterocycles. The van der Waals surface area contributed by atoms with Gasteiger partial charge < -0.3 is 5.11 Å². The SMILES string of the molecule is Cc1ccc(CSc2nnc(N3C(=O)C(=O)C(=C(O)c4ccncc4)C3c3ccc(F)cc3)s2)cc1. The van der Waals surface area contributed by atoms with E-state index in [-0.39, 0.29) is 16.5 Å². The molecular weight excluding hydrogens is 499 g/mol. The molecule has 36 heavy (non-hydrogen) atoms. The molecule has 1 aliphatic heterocycles. The third kappa shape index (κ3) is 4.65. The van der Waals surface area contributed by atoms with Crippen LogP contribution in [0.25, 0.3) is 5.76 Å². The molecule has 0 radical (unpaired) electrons. The predicted molar refractivity (Wildman–Crippen MR) is 136 cm³/mol. The van der Waals surface area contributed by atoms with Crippen LogP contribution in [-0.2, 0) is 15.3 Å². The van der Waals surface area contributed by atoms with Crippen LogP contribution in [0.3, 0.4) is 0 Å². The summed E-state index contributed by atoms with van der Waals surface area (Å²) in [6.45, 7) is 2.02. The second-order valence-corrected chi connectivity index (χ2v) is 10.3. The van der Waals surface area contributed by atoms with E-state index in [0.29, 0.717) is 21.2 Å². The van der Waals surface area contributed by atoms with Gasteiger partial charge >= 0.3 is 5.91 Å². The molecule has 5 rings (SSSR count). The fourth-order valence-corrected chi connectivity index (χ4v) is 5.67. The van der Waals surface area contributed by atoms with Crippen LogP contribution >= 0.6 is 23.1 Å². The molecule has 0 aliphatic carbocycles. The maximum atomic E-state index is 13.7. The summed E-state index contributed by atoms with van der Waals surface area (Å²) >= 11 is 2.64. The zero-order valence-corrected chi connectivity index (χ0v) is 20.6. The van der Waals surface area contributed by atoms with Crippen molar-refractivity contribution in [3.63, 3.8) is 0 Å². The summed E-state index contributed by atoms with van der Waals surface area (Å²) in [5.74, 6) is -1.84. The second kappa shape index (κ2) is 10.00. The smallest absolute Gasteiger partial charge is 0.301 e. The van der Waals surface area contributed by atoms with Gasteiger partial charge in [0.15, 0.2) is 4.34 Å². The number of aryl methyl sites for hydroxylation is 1. The molecule has 1 amide bonds. The molecule has 1 saturated heterocycles. The van der Waals surface area contributed by atoms with E-state index in [2.05, 4.69) is 15.2 Å². The summed E-state index contributed by atoms with van der Waals surface area (Å²) in [4.78, 5) is 31.5. The Bertz CT molecular complexity index is 1450. The number of amides is 1. The first kappa shape index (κ1) is 23.8. The lowest BCUT2D eigenvalue weighted by Gasteiger charge is -2.22. The van der Waals surface area contributed by atoms with E-state index in [1.165, 1.54) is 82.4 Å². The molecular formula is C26H19FN4O3S2. The molecule has 180 valence electrons. The Morgan fingerprint density at radius 2 is 1.72 bits per heavy atom. The summed E-state index contributed by atoms with van der Waals surface area (Å²) in [5.41, 5.74) is 2.97. The molecule has 2 aromatic heterocycles. The summed E-state index contributed by atoms with van der Waals surface area (Å²) in [6.07, 6.45) is 2.95. The summed E-state index contributed by atoms with van der Waals surface area (Å²) < 4.78 is 14.3. The minimum Gasteiger partial charge on any atom is -0.507 e. The van der Waals surface area contributed by atoms with Gasteiger partial charge in [-0.25, -0.2) is 4.39 Å². The van der Waals surface area contributed by atoms with Gasteiger partial charge in [0, 0.05) is 23.7 Å². The summed E-state index contributed by atoms with van der Waals surface area (Å²) in [6, 6.07) is 15.7. The molecule has 1 atom stereocenters. The first-order valence-corrected chi connectivity index (χ1v) is 12.7. The van der Waals surface area contributed by atoms with E-state index in [1.54, 1.807) is 0 Å². The maximum absolute atomic E-state index is 13.7. The summed E-state index contributed by atoms with van der Waals surface area (Å²) in [7, 11) is 0. The van der Waals surface area contributed by atoms with Gasteiger partial charge in [-0.1, -0.05) is 65.1 Å². The van der Waals surface area contributed by atoms with Gasteiger partial charge in [-0.3, -0.25) is 19.5 Å². The van der Waals surface area contributed by atoms with Crippen LogP contribution in [0.5, 0.6) is 0 Å². The van der Waals surface area contributed by atoms with Gasteiger partial charge in [0.25, 0.3) is 5.78 Å². The number of benzene rings is 2. The van der Waals surface area contributed by atoms with Crippen LogP contribution < -0.4 is 4.90 Å². The van der Waals surface area contributed by atoms with E-state index in [1.807, 2.05) is 31.2 Å². The topological polar surface area (TPSA) is 96.3 Å². The number of ketones is 1. The molecule has 10 heteroatoms. The Balaban J connectivity index is 1.52. The van der Waals surface area contributed by atoms with Gasteiger partial charge in [0.1, 0.15) is 11.6 Å². The third-order valence-corrected chi connectivity index (χ3v) is 7.80. The average molecular weight is 519 g/mol. The fraction of sp³-hybridized carbons (Fsp3) is 0.115. The standard InChI is InChI=1S/C26H19FN4O3S2/c1-15-2-4-16(5-3-15)14-35-26-30-29-25(36-26)31-21(17-6-8-19(27)9-7-17)20(23(33)24(31)34)22(32)18-10-12-28-13-11-18/h2-13,21,32H,14H2,1H3. The Morgan fingerprint density at radius 3 is 2.42 bits per heavy atom. The molecule has 0 saturated carbocycles. The van der Waals surface area contributed by atoms with Crippen molar-refractivity contribution in [2.24, 2.45) is 0 Å². The van der Waals surface area contributed by atoms with Crippen LogP contribution in [-0.4, -0.2) is 32.0 Å². The van der Waals surface area contributed by atoms with Crippen LogP contribution in [0, 0.1) is 12.7 Å². The number of rotatable bonds is 6. The van der Waals surface area contributed by atoms with Crippen molar-refractivity contribution in [3.05, 3.63) is 107 Å². The van der Waals surface area contributed by atoms with Crippen molar-refractivity contribution in [3.8, 4) is 0 Å². The quantitative estimate of drug-likeness (QED) is 0.122. The molecule has 7 nitrogen and oxygen atoms in total. The number of carbonyl (C=O) groups is 2. The number of nitrogens with zero attached hydrogens (tertiary/aromatic N) is 4. The third-order valence-electron chi connectivity index (χ3n) is 5.67. The Morgan fingerprint density at radius 1 is 1.03 bits per heavy atom. The summed E-state index contributed by atoms with van der Waals surface area (Å²) in [5, 5.41) is 19.6. The molecule has 0 bridgehead atoms. The number of aromatic nitrogens is 3. The zero-order chi connectivity index (χ0) is 25.2. The number of anilines is 1. The van der Waals surface area contributed by atoms with Gasteiger partial charge in [-0.15, -0.1) is 10.2 Å². The van der Waals surface area contributed by atoms with Crippen LogP contribution in [0.4, 0.5) is 9.52 Å². The van der Waals surface area contributed by atoms with Gasteiger partial charge in [0.05, 0.1) is 11.6 Å². The highest BCUT2D eigenvalue weighted by Crippen LogP contribution is 2.44. The number of hydrogen-bond donors (Lipinski definition) is 1. The highest BCUT2D eigenvalue weighted by atomic mass is 32.2. The zero-order valence-electron chi connectivity index (χ0n) is 19.0. The van der Waals surface area contributed by atoms with Crippen LogP contribution in [0.1, 0.15) is 28.3 Å². The van der Waals surface area contributed by atoms with Gasteiger partial charge in [0.2, 0.25) is 5.13 Å². The number of halogens is 1. The molecule has 1 unspecified atom stereocenters.